The fraction of sp³-hybridized carbons (Fsp3) is 0.556. The van der Waals surface area contributed by atoms with Crippen molar-refractivity contribution in [2.45, 2.75) is 12.8 Å². The molecule has 0 heterocycles. The van der Waals surface area contributed by atoms with Crippen LogP contribution in [0.15, 0.2) is 72.8 Å². The maximum atomic E-state index is 12.3. The highest BCUT2D eigenvalue weighted by Gasteiger charge is 2.29. The number of alkyl carbamates (subject to hydrolysis) is 1. The first kappa shape index (κ1) is 49.5. The number of fused-ring (bicyclic) bond motifs is 3. The Balaban J connectivity index is 0.775. The zero-order valence-electron chi connectivity index (χ0n) is 35.5. The summed E-state index contributed by atoms with van der Waals surface area (Å²) in [6.45, 7) is 11.8. The number of carbonyl (C=O) groups excluding carboxylic acids is 2. The molecule has 3 aromatic rings. The first-order chi connectivity index (χ1) is 30.1. The second-order valence-corrected chi connectivity index (χ2v) is 13.4. The molecular weight excluding hydrogens is 792 g/mol. The molecule has 1 aliphatic rings. The molecule has 16 nitrogen and oxygen atoms in total. The topological polar surface area (TPSA) is 169 Å². The quantitative estimate of drug-likeness (QED) is 0.0764. The summed E-state index contributed by atoms with van der Waals surface area (Å²) >= 11 is 0. The summed E-state index contributed by atoms with van der Waals surface area (Å²) in [6.07, 6.45) is -0.456. The molecule has 61 heavy (non-hydrogen) atoms. The van der Waals surface area contributed by atoms with Crippen LogP contribution in [-0.4, -0.2) is 164 Å². The van der Waals surface area contributed by atoms with Gasteiger partial charge in [0.2, 0.25) is 5.91 Å². The van der Waals surface area contributed by atoms with Gasteiger partial charge in [0.05, 0.1) is 132 Å². The number of rotatable bonds is 37. The van der Waals surface area contributed by atoms with Gasteiger partial charge < -0.3 is 67.5 Å². The van der Waals surface area contributed by atoms with Crippen LogP contribution >= 0.6 is 0 Å². The van der Waals surface area contributed by atoms with E-state index in [1.165, 1.54) is 29.2 Å². The van der Waals surface area contributed by atoms with Crippen LogP contribution in [0.5, 0.6) is 5.75 Å². The summed E-state index contributed by atoms with van der Waals surface area (Å²) in [4.78, 5) is 23.3. The van der Waals surface area contributed by atoms with Gasteiger partial charge in [0, 0.05) is 25.1 Å². The van der Waals surface area contributed by atoms with Crippen molar-refractivity contribution >= 4 is 17.7 Å². The zero-order chi connectivity index (χ0) is 42.8. The van der Waals surface area contributed by atoms with Gasteiger partial charge in [0.1, 0.15) is 19.0 Å². The molecule has 0 saturated heterocycles. The SMILES string of the molecule is CC(=O)Nc1ccc(OCCOCCOCCOCCOCCOCCOCCOCCOCCOCCOCCNC(=O)OCC2c3ccccc3-c3ccccc32)cc1. The minimum Gasteiger partial charge on any atom is -0.491 e. The van der Waals surface area contributed by atoms with Crippen LogP contribution in [0.4, 0.5) is 10.5 Å². The summed E-state index contributed by atoms with van der Waals surface area (Å²) < 4.78 is 66.2. The van der Waals surface area contributed by atoms with Crippen molar-refractivity contribution in [1.29, 1.82) is 0 Å². The molecule has 2 amide bonds. The monoisotopic (exact) mass is 856 g/mol. The number of anilines is 1. The zero-order valence-corrected chi connectivity index (χ0v) is 35.5. The second-order valence-electron chi connectivity index (χ2n) is 13.4. The van der Waals surface area contributed by atoms with Crippen molar-refractivity contribution in [3.8, 4) is 16.9 Å². The predicted octanol–water partition coefficient (Wildman–Crippen LogP) is 4.73. The third-order valence-electron chi connectivity index (χ3n) is 8.88. The van der Waals surface area contributed by atoms with Crippen LogP contribution in [-0.2, 0) is 56.9 Å². The normalized spacial score (nSPS) is 12.0. The standard InChI is InChI=1S/C45H64N2O14/c1-37(48)47-38-10-12-39(13-11-38)60-35-34-59-33-32-58-31-30-57-29-28-56-27-26-55-25-24-54-23-22-53-21-20-52-19-18-51-17-16-50-15-14-46-45(49)61-36-44-42-8-4-2-6-40(42)41-7-3-5-9-43(41)44/h2-13,44H,14-36H2,1H3,(H,46,49)(H,47,48). The molecule has 0 fully saturated rings. The van der Waals surface area contributed by atoms with Gasteiger partial charge in [0.25, 0.3) is 0 Å². The van der Waals surface area contributed by atoms with Gasteiger partial charge in [-0.15, -0.1) is 0 Å². The molecule has 0 bridgehead atoms. The van der Waals surface area contributed by atoms with Crippen molar-refractivity contribution in [3.63, 3.8) is 0 Å². The molecule has 0 radical (unpaired) electrons. The van der Waals surface area contributed by atoms with E-state index >= 15 is 0 Å². The maximum absolute atomic E-state index is 12.3. The fourth-order valence-corrected chi connectivity index (χ4v) is 6.01. The van der Waals surface area contributed by atoms with Gasteiger partial charge in [-0.2, -0.15) is 0 Å². The molecule has 0 aliphatic heterocycles. The lowest BCUT2D eigenvalue weighted by Gasteiger charge is -2.14. The maximum Gasteiger partial charge on any atom is 0.407 e. The van der Waals surface area contributed by atoms with Gasteiger partial charge >= 0.3 is 6.09 Å². The van der Waals surface area contributed by atoms with E-state index in [0.29, 0.717) is 151 Å². The number of amides is 2. The lowest BCUT2D eigenvalue weighted by molar-refractivity contribution is -0.114. The summed E-state index contributed by atoms with van der Waals surface area (Å²) in [7, 11) is 0. The molecule has 0 atom stereocenters. The van der Waals surface area contributed by atoms with Crippen molar-refractivity contribution in [3.05, 3.63) is 83.9 Å². The van der Waals surface area contributed by atoms with Gasteiger partial charge in [-0.1, -0.05) is 48.5 Å². The van der Waals surface area contributed by atoms with Crippen molar-refractivity contribution in [2.75, 3.05) is 157 Å². The van der Waals surface area contributed by atoms with E-state index in [9.17, 15) is 9.59 Å². The van der Waals surface area contributed by atoms with Gasteiger partial charge in [-0.05, 0) is 46.5 Å². The molecule has 0 aromatic heterocycles. The minimum atomic E-state index is -0.456. The van der Waals surface area contributed by atoms with Crippen LogP contribution in [0, 0.1) is 0 Å². The highest BCUT2D eigenvalue weighted by Crippen LogP contribution is 2.44. The van der Waals surface area contributed by atoms with Crippen LogP contribution in [0.1, 0.15) is 24.0 Å². The largest absolute Gasteiger partial charge is 0.491 e. The molecule has 0 saturated carbocycles. The van der Waals surface area contributed by atoms with E-state index in [2.05, 4.69) is 34.9 Å². The Morgan fingerprint density at radius 1 is 0.459 bits per heavy atom. The first-order valence-electron chi connectivity index (χ1n) is 21.0. The van der Waals surface area contributed by atoms with E-state index in [0.717, 1.165) is 5.69 Å². The van der Waals surface area contributed by atoms with E-state index in [1.54, 1.807) is 24.3 Å². The summed E-state index contributed by atoms with van der Waals surface area (Å²) in [5.41, 5.74) is 5.49. The number of carbonyl (C=O) groups is 2. The summed E-state index contributed by atoms with van der Waals surface area (Å²) in [5, 5.41) is 5.45. The average Bonchev–Trinajstić information content (AvgIpc) is 3.59. The molecule has 4 rings (SSSR count). The van der Waals surface area contributed by atoms with E-state index in [4.69, 9.17) is 56.8 Å². The van der Waals surface area contributed by atoms with Crippen LogP contribution in [0.25, 0.3) is 11.1 Å². The fourth-order valence-electron chi connectivity index (χ4n) is 6.01. The van der Waals surface area contributed by atoms with Crippen molar-refractivity contribution < 1.29 is 66.4 Å². The van der Waals surface area contributed by atoms with Gasteiger partial charge in [-0.3, -0.25) is 4.79 Å². The number of ether oxygens (including phenoxy) is 12. The van der Waals surface area contributed by atoms with E-state index < -0.39 is 6.09 Å². The molecule has 3 aromatic carbocycles. The Morgan fingerprint density at radius 2 is 0.820 bits per heavy atom. The lowest BCUT2D eigenvalue weighted by atomic mass is 9.98. The smallest absolute Gasteiger partial charge is 0.407 e. The highest BCUT2D eigenvalue weighted by atomic mass is 16.6. The average molecular weight is 857 g/mol. The highest BCUT2D eigenvalue weighted by molar-refractivity contribution is 5.88. The Bertz CT molecular complexity index is 1550. The van der Waals surface area contributed by atoms with Crippen molar-refractivity contribution in [1.82, 2.24) is 5.32 Å². The summed E-state index contributed by atoms with van der Waals surface area (Å²) in [6, 6.07) is 23.7. The molecule has 0 unspecified atom stereocenters. The number of hydrogen-bond donors (Lipinski definition) is 2. The minimum absolute atomic E-state index is 0.0320. The molecule has 0 spiro atoms. The van der Waals surface area contributed by atoms with Crippen LogP contribution in [0.3, 0.4) is 0 Å². The lowest BCUT2D eigenvalue weighted by Crippen LogP contribution is -2.29. The van der Waals surface area contributed by atoms with E-state index in [1.807, 2.05) is 24.3 Å². The number of benzene rings is 3. The third-order valence-corrected chi connectivity index (χ3v) is 8.88. The molecular formula is C45H64N2O14. The second kappa shape index (κ2) is 32.5. The molecule has 1 aliphatic carbocycles. The molecule has 2 N–H and O–H groups in total. The predicted molar refractivity (Wildman–Crippen MR) is 228 cm³/mol. The molecule has 338 valence electrons. The van der Waals surface area contributed by atoms with E-state index in [-0.39, 0.29) is 18.4 Å². The Labute approximate surface area is 359 Å². The molecule has 16 heteroatoms. The van der Waals surface area contributed by atoms with Crippen LogP contribution in [0.2, 0.25) is 0 Å². The first-order valence-corrected chi connectivity index (χ1v) is 21.0. The third kappa shape index (κ3) is 21.9. The Morgan fingerprint density at radius 3 is 1.21 bits per heavy atom. The number of nitrogens with one attached hydrogen (secondary N) is 2. The summed E-state index contributed by atoms with van der Waals surface area (Å²) in [5.74, 6) is 0.632. The van der Waals surface area contributed by atoms with Crippen molar-refractivity contribution in [2.24, 2.45) is 0 Å². The van der Waals surface area contributed by atoms with Gasteiger partial charge in [-0.25, -0.2) is 4.79 Å². The number of hydrogen-bond acceptors (Lipinski definition) is 14. The van der Waals surface area contributed by atoms with Crippen LogP contribution < -0.4 is 15.4 Å². The Hall–Kier alpha value is -4.20. The Kier molecular flexibility index (Phi) is 26.4. The van der Waals surface area contributed by atoms with Gasteiger partial charge in [0.15, 0.2) is 0 Å².